The second kappa shape index (κ2) is 10.5. The number of nitrogens with zero attached hydrogens (tertiary/aromatic N) is 5. The average molecular weight is 476 g/mol. The Hall–Kier alpha value is -2.77. The summed E-state index contributed by atoms with van der Waals surface area (Å²) < 4.78 is 0. The Morgan fingerprint density at radius 1 is 1.00 bits per heavy atom. The number of carbonyl (C=O) groups excluding carboxylic acids is 1. The number of amides is 1. The third-order valence-corrected chi connectivity index (χ3v) is 8.01. The van der Waals surface area contributed by atoms with Crippen molar-refractivity contribution < 1.29 is 4.79 Å². The molecule has 0 radical (unpaired) electrons. The molecule has 0 aromatic heterocycles. The number of anilines is 1. The van der Waals surface area contributed by atoms with Gasteiger partial charge in [-0.15, -0.1) is 0 Å². The van der Waals surface area contributed by atoms with Gasteiger partial charge in [-0.25, -0.2) is 0 Å². The molecule has 7 nitrogen and oxygen atoms in total. The third-order valence-electron chi connectivity index (χ3n) is 8.01. The Bertz CT molecular complexity index is 1070. The molecule has 2 aromatic rings. The molecular formula is C28H37N5O2. The van der Waals surface area contributed by atoms with E-state index < -0.39 is 6.04 Å². The number of hydrogen-bond acceptors (Lipinski definition) is 6. The van der Waals surface area contributed by atoms with Crippen molar-refractivity contribution in [2.45, 2.75) is 44.3 Å². The highest BCUT2D eigenvalue weighted by Crippen LogP contribution is 2.28. The van der Waals surface area contributed by atoms with Crippen molar-refractivity contribution in [3.8, 4) is 0 Å². The van der Waals surface area contributed by atoms with E-state index in [1.165, 1.54) is 29.7 Å². The van der Waals surface area contributed by atoms with Gasteiger partial charge in [0.1, 0.15) is 6.04 Å². The van der Waals surface area contributed by atoms with Crippen LogP contribution in [-0.2, 0) is 19.4 Å². The van der Waals surface area contributed by atoms with Crippen molar-refractivity contribution in [2.24, 2.45) is 5.18 Å². The van der Waals surface area contributed by atoms with E-state index in [0.29, 0.717) is 25.7 Å². The van der Waals surface area contributed by atoms with E-state index in [9.17, 15) is 9.70 Å². The SMILES string of the molecule is CN(C)C1CCCN(c2ccc3c(c2)CCN(CC(CN2CCc4ccccc4C2)N=O)C3=O)C1. The summed E-state index contributed by atoms with van der Waals surface area (Å²) in [7, 11) is 4.31. The van der Waals surface area contributed by atoms with E-state index in [1.807, 2.05) is 11.0 Å². The standard InChI is InChI=1S/C28H37N5O2/c1-30(2)26-8-5-13-32(20-26)25-9-10-27-22(16-25)12-15-33(28(27)34)19-24(29-35)18-31-14-11-21-6-3-4-7-23(21)17-31/h3-4,6-7,9-10,16,24,26H,5,8,11-15,17-20H2,1-2H3. The molecule has 0 N–H and O–H groups in total. The topological polar surface area (TPSA) is 59.5 Å². The maximum absolute atomic E-state index is 13.3. The van der Waals surface area contributed by atoms with Crippen LogP contribution in [0.1, 0.15) is 39.9 Å². The van der Waals surface area contributed by atoms with Crippen LogP contribution in [0, 0.1) is 4.91 Å². The number of carbonyl (C=O) groups is 1. The summed E-state index contributed by atoms with van der Waals surface area (Å²) in [6.07, 6.45) is 4.24. The zero-order valence-corrected chi connectivity index (χ0v) is 21.0. The molecule has 3 aliphatic heterocycles. The molecule has 1 saturated heterocycles. The third kappa shape index (κ3) is 5.26. The summed E-state index contributed by atoms with van der Waals surface area (Å²) >= 11 is 0. The largest absolute Gasteiger partial charge is 0.370 e. The minimum absolute atomic E-state index is 0.0280. The van der Waals surface area contributed by atoms with E-state index in [2.05, 4.69) is 70.4 Å². The number of piperidine rings is 1. The Morgan fingerprint density at radius 3 is 2.60 bits per heavy atom. The zero-order chi connectivity index (χ0) is 24.4. The van der Waals surface area contributed by atoms with Gasteiger partial charge in [0.05, 0.1) is 0 Å². The van der Waals surface area contributed by atoms with Crippen LogP contribution < -0.4 is 4.90 Å². The lowest BCUT2D eigenvalue weighted by Crippen LogP contribution is -2.46. The van der Waals surface area contributed by atoms with Gasteiger partial charge >= 0.3 is 0 Å². The summed E-state index contributed by atoms with van der Waals surface area (Å²) in [5.74, 6) is 0.0280. The van der Waals surface area contributed by atoms with Crippen LogP contribution in [0.25, 0.3) is 0 Å². The van der Waals surface area contributed by atoms with E-state index in [4.69, 9.17) is 0 Å². The molecule has 3 heterocycles. The Labute approximate surface area is 208 Å². The van der Waals surface area contributed by atoms with Gasteiger partial charge in [0.2, 0.25) is 0 Å². The minimum Gasteiger partial charge on any atom is -0.370 e. The molecule has 2 atom stereocenters. The lowest BCUT2D eigenvalue weighted by Gasteiger charge is -2.38. The first-order chi connectivity index (χ1) is 17.0. The van der Waals surface area contributed by atoms with Gasteiger partial charge in [-0.2, -0.15) is 4.91 Å². The smallest absolute Gasteiger partial charge is 0.254 e. The fourth-order valence-corrected chi connectivity index (χ4v) is 5.89. The first-order valence-electron chi connectivity index (χ1n) is 13.0. The molecule has 186 valence electrons. The summed E-state index contributed by atoms with van der Waals surface area (Å²) in [6.45, 7) is 5.48. The zero-order valence-electron chi connectivity index (χ0n) is 21.0. The molecular weight excluding hydrogens is 438 g/mol. The van der Waals surface area contributed by atoms with Crippen molar-refractivity contribution >= 4 is 11.6 Å². The van der Waals surface area contributed by atoms with Crippen molar-refractivity contribution in [3.63, 3.8) is 0 Å². The Balaban J connectivity index is 1.21. The van der Waals surface area contributed by atoms with Gasteiger partial charge in [-0.1, -0.05) is 29.4 Å². The van der Waals surface area contributed by atoms with Crippen LogP contribution in [0.3, 0.4) is 0 Å². The number of hydrogen-bond donors (Lipinski definition) is 0. The Kier molecular flexibility index (Phi) is 7.16. The summed E-state index contributed by atoms with van der Waals surface area (Å²) in [4.78, 5) is 33.9. The molecule has 35 heavy (non-hydrogen) atoms. The second-order valence-corrected chi connectivity index (χ2v) is 10.6. The molecule has 0 saturated carbocycles. The molecule has 7 heteroatoms. The number of likely N-dealkylation sites (N-methyl/N-ethyl adjacent to an activating group) is 1. The van der Waals surface area contributed by atoms with Crippen molar-refractivity contribution in [1.82, 2.24) is 14.7 Å². The number of fused-ring (bicyclic) bond motifs is 2. The lowest BCUT2D eigenvalue weighted by atomic mass is 9.96. The fraction of sp³-hybridized carbons (Fsp3) is 0.536. The van der Waals surface area contributed by atoms with E-state index >= 15 is 0 Å². The first-order valence-corrected chi connectivity index (χ1v) is 13.0. The van der Waals surface area contributed by atoms with Crippen molar-refractivity contribution in [2.75, 3.05) is 58.3 Å². The number of benzene rings is 2. The maximum atomic E-state index is 13.3. The predicted octanol–water partition coefficient (Wildman–Crippen LogP) is 3.41. The molecule has 3 aliphatic rings. The molecule has 0 aliphatic carbocycles. The van der Waals surface area contributed by atoms with Gasteiger partial charge in [-0.05, 0) is 74.7 Å². The van der Waals surface area contributed by atoms with Crippen LogP contribution in [0.2, 0.25) is 0 Å². The minimum atomic E-state index is -0.415. The van der Waals surface area contributed by atoms with Crippen molar-refractivity contribution in [1.29, 1.82) is 0 Å². The fourth-order valence-electron chi connectivity index (χ4n) is 5.89. The number of nitroso groups, excluding NO2 is 1. The molecule has 2 aromatic carbocycles. The van der Waals surface area contributed by atoms with Gasteiger partial charge in [0.15, 0.2) is 0 Å². The molecule has 1 amide bonds. The summed E-state index contributed by atoms with van der Waals surface area (Å²) in [6, 6.07) is 14.9. The van der Waals surface area contributed by atoms with Crippen LogP contribution in [0.15, 0.2) is 47.6 Å². The van der Waals surface area contributed by atoms with E-state index in [0.717, 1.165) is 50.1 Å². The first kappa shape index (κ1) is 23.9. The molecule has 1 fully saturated rings. The molecule has 0 spiro atoms. The highest BCUT2D eigenvalue weighted by atomic mass is 16.3. The Morgan fingerprint density at radius 2 is 1.80 bits per heavy atom. The second-order valence-electron chi connectivity index (χ2n) is 10.6. The van der Waals surface area contributed by atoms with Crippen molar-refractivity contribution in [3.05, 3.63) is 69.6 Å². The monoisotopic (exact) mass is 475 g/mol. The van der Waals surface area contributed by atoms with Gasteiger partial charge in [0.25, 0.3) is 5.91 Å². The normalized spacial score (nSPS) is 21.6. The maximum Gasteiger partial charge on any atom is 0.254 e. The summed E-state index contributed by atoms with van der Waals surface area (Å²) in [5.41, 5.74) is 5.84. The molecule has 5 rings (SSSR count). The number of rotatable bonds is 7. The average Bonchev–Trinajstić information content (AvgIpc) is 2.89. The summed E-state index contributed by atoms with van der Waals surface area (Å²) in [5, 5.41) is 3.42. The van der Waals surface area contributed by atoms with Gasteiger partial charge in [-0.3, -0.25) is 9.69 Å². The quantitative estimate of drug-likeness (QED) is 0.575. The van der Waals surface area contributed by atoms with Gasteiger partial charge in [0, 0.05) is 63.1 Å². The van der Waals surface area contributed by atoms with Crippen LogP contribution in [0.5, 0.6) is 0 Å². The van der Waals surface area contributed by atoms with E-state index in [1.54, 1.807) is 0 Å². The van der Waals surface area contributed by atoms with Gasteiger partial charge < -0.3 is 14.7 Å². The highest BCUT2D eigenvalue weighted by Gasteiger charge is 2.29. The predicted molar refractivity (Wildman–Crippen MR) is 140 cm³/mol. The van der Waals surface area contributed by atoms with E-state index in [-0.39, 0.29) is 5.91 Å². The molecule has 2 unspecified atom stereocenters. The highest BCUT2D eigenvalue weighted by molar-refractivity contribution is 5.97. The van der Waals surface area contributed by atoms with Crippen LogP contribution >= 0.6 is 0 Å². The van der Waals surface area contributed by atoms with Crippen LogP contribution in [0.4, 0.5) is 5.69 Å². The lowest BCUT2D eigenvalue weighted by molar-refractivity contribution is 0.0719. The van der Waals surface area contributed by atoms with Crippen LogP contribution in [-0.4, -0.2) is 86.1 Å². The molecule has 0 bridgehead atoms.